The Balaban J connectivity index is 1.52. The van der Waals surface area contributed by atoms with Gasteiger partial charge in [-0.1, -0.05) is 18.7 Å². The van der Waals surface area contributed by atoms with Gasteiger partial charge >= 0.3 is 0 Å². The zero-order chi connectivity index (χ0) is 17.8. The maximum absolute atomic E-state index is 12.6. The molecule has 1 aliphatic heterocycles. The van der Waals surface area contributed by atoms with Crippen LogP contribution in [0.1, 0.15) is 30.4 Å². The Morgan fingerprint density at radius 3 is 2.76 bits per heavy atom. The Kier molecular flexibility index (Phi) is 6.08. The zero-order valence-corrected chi connectivity index (χ0v) is 16.4. The van der Waals surface area contributed by atoms with Gasteiger partial charge in [-0.2, -0.15) is 0 Å². The van der Waals surface area contributed by atoms with Crippen LogP contribution in [0.3, 0.4) is 0 Å². The van der Waals surface area contributed by atoms with Crippen LogP contribution in [0.15, 0.2) is 15.0 Å². The summed E-state index contributed by atoms with van der Waals surface area (Å²) in [4.78, 5) is 21.3. The van der Waals surface area contributed by atoms with Crippen LogP contribution in [0.2, 0.25) is 0 Å². The van der Waals surface area contributed by atoms with Crippen molar-refractivity contribution in [2.45, 2.75) is 37.7 Å². The Morgan fingerprint density at radius 2 is 2.12 bits per heavy atom. The normalized spacial score (nSPS) is 17.0. The molecule has 7 nitrogen and oxygen atoms in total. The molecule has 0 unspecified atom stereocenters. The van der Waals surface area contributed by atoms with E-state index in [1.165, 1.54) is 11.8 Å². The number of carbonyl (C=O) groups excluding carboxylic acids is 1. The van der Waals surface area contributed by atoms with E-state index in [4.69, 9.17) is 4.42 Å². The number of piperazine rings is 1. The van der Waals surface area contributed by atoms with Crippen LogP contribution in [-0.4, -0.2) is 68.9 Å². The molecule has 25 heavy (non-hydrogen) atoms. The van der Waals surface area contributed by atoms with Gasteiger partial charge in [0.05, 0.1) is 22.4 Å². The third-order valence-electron chi connectivity index (χ3n) is 4.20. The Labute approximate surface area is 155 Å². The number of amides is 1. The average Bonchev–Trinajstić information content (AvgIpc) is 3.23. The lowest BCUT2D eigenvalue weighted by Gasteiger charge is -2.35. The summed E-state index contributed by atoms with van der Waals surface area (Å²) in [7, 11) is 0. The summed E-state index contributed by atoms with van der Waals surface area (Å²) in [5.74, 6) is 0.666. The van der Waals surface area contributed by atoms with Crippen LogP contribution in [-0.2, 0) is 11.2 Å². The first-order valence-electron chi connectivity index (χ1n) is 8.46. The van der Waals surface area contributed by atoms with E-state index in [0.29, 0.717) is 17.5 Å². The van der Waals surface area contributed by atoms with Crippen molar-refractivity contribution in [1.29, 1.82) is 0 Å². The maximum atomic E-state index is 12.6. The SMILES string of the molecule is CCN1CCN(C(=O)[C@H](C)Sc2nnc(Cc3csc(C)n3)o2)CC1. The van der Waals surface area contributed by atoms with E-state index in [2.05, 4.69) is 27.0 Å². The molecule has 3 rings (SSSR count). The van der Waals surface area contributed by atoms with Crippen LogP contribution >= 0.6 is 23.1 Å². The molecule has 1 amide bonds. The van der Waals surface area contributed by atoms with Crippen molar-refractivity contribution in [2.24, 2.45) is 0 Å². The van der Waals surface area contributed by atoms with Gasteiger partial charge in [0.2, 0.25) is 11.8 Å². The van der Waals surface area contributed by atoms with Crippen molar-refractivity contribution in [3.05, 3.63) is 22.0 Å². The molecule has 9 heteroatoms. The van der Waals surface area contributed by atoms with Crippen LogP contribution in [0.5, 0.6) is 0 Å². The Bertz CT molecular complexity index is 709. The van der Waals surface area contributed by atoms with Crippen LogP contribution in [0.4, 0.5) is 0 Å². The fourth-order valence-corrected chi connectivity index (χ4v) is 4.14. The number of likely N-dealkylation sites (N-methyl/N-ethyl adjacent to an activating group) is 1. The van der Waals surface area contributed by atoms with E-state index in [0.717, 1.165) is 43.4 Å². The predicted octanol–water partition coefficient (Wildman–Crippen LogP) is 2.07. The van der Waals surface area contributed by atoms with Crippen molar-refractivity contribution >= 4 is 29.0 Å². The number of nitrogens with zero attached hydrogens (tertiary/aromatic N) is 5. The molecule has 1 atom stereocenters. The molecule has 1 aliphatic rings. The lowest BCUT2D eigenvalue weighted by atomic mass is 10.3. The lowest BCUT2D eigenvalue weighted by molar-refractivity contribution is -0.132. The molecule has 0 radical (unpaired) electrons. The van der Waals surface area contributed by atoms with E-state index in [9.17, 15) is 4.79 Å². The summed E-state index contributed by atoms with van der Waals surface area (Å²) < 4.78 is 5.67. The minimum absolute atomic E-state index is 0.135. The van der Waals surface area contributed by atoms with Crippen LogP contribution < -0.4 is 0 Å². The summed E-state index contributed by atoms with van der Waals surface area (Å²) in [6.45, 7) is 10.5. The van der Waals surface area contributed by atoms with Gasteiger partial charge in [0.15, 0.2) is 0 Å². The summed E-state index contributed by atoms with van der Waals surface area (Å²) >= 11 is 2.93. The molecular weight excluding hydrogens is 358 g/mol. The Morgan fingerprint density at radius 1 is 1.36 bits per heavy atom. The molecule has 0 bridgehead atoms. The van der Waals surface area contributed by atoms with E-state index in [1.54, 1.807) is 11.3 Å². The molecule has 3 heterocycles. The quantitative estimate of drug-likeness (QED) is 0.709. The zero-order valence-electron chi connectivity index (χ0n) is 14.8. The highest BCUT2D eigenvalue weighted by Crippen LogP contribution is 2.24. The Hall–Kier alpha value is -1.45. The molecule has 0 aromatic carbocycles. The molecule has 0 N–H and O–H groups in total. The molecule has 0 aliphatic carbocycles. The molecule has 1 fully saturated rings. The molecule has 2 aromatic heterocycles. The minimum Gasteiger partial charge on any atom is -0.416 e. The summed E-state index contributed by atoms with van der Waals surface area (Å²) in [5.41, 5.74) is 0.931. The molecule has 0 saturated carbocycles. The molecule has 1 saturated heterocycles. The number of hydrogen-bond acceptors (Lipinski definition) is 8. The highest BCUT2D eigenvalue weighted by Gasteiger charge is 2.26. The van der Waals surface area contributed by atoms with E-state index in [-0.39, 0.29) is 11.2 Å². The number of aryl methyl sites for hydroxylation is 1. The number of hydrogen-bond donors (Lipinski definition) is 0. The summed E-state index contributed by atoms with van der Waals surface area (Å²) in [5, 5.41) is 11.3. The maximum Gasteiger partial charge on any atom is 0.277 e. The van der Waals surface area contributed by atoms with Crippen LogP contribution in [0, 0.1) is 6.92 Å². The van der Waals surface area contributed by atoms with E-state index < -0.39 is 0 Å². The minimum atomic E-state index is -0.233. The molecule has 136 valence electrons. The third-order valence-corrected chi connectivity index (χ3v) is 5.95. The number of thioether (sulfide) groups is 1. The monoisotopic (exact) mass is 381 g/mol. The number of thiazole rings is 1. The van der Waals surface area contributed by atoms with Gasteiger partial charge < -0.3 is 14.2 Å². The molecule has 2 aromatic rings. The van der Waals surface area contributed by atoms with Gasteiger partial charge in [0.1, 0.15) is 0 Å². The van der Waals surface area contributed by atoms with Gasteiger partial charge in [-0.25, -0.2) is 4.98 Å². The van der Waals surface area contributed by atoms with Gasteiger partial charge in [0, 0.05) is 31.6 Å². The smallest absolute Gasteiger partial charge is 0.277 e. The fraction of sp³-hybridized carbons (Fsp3) is 0.625. The predicted molar refractivity (Wildman–Crippen MR) is 98.0 cm³/mol. The highest BCUT2D eigenvalue weighted by molar-refractivity contribution is 8.00. The second kappa shape index (κ2) is 8.29. The first kappa shape index (κ1) is 18.3. The number of carbonyl (C=O) groups is 1. The third kappa shape index (κ3) is 4.80. The van der Waals surface area contributed by atoms with Crippen molar-refractivity contribution in [1.82, 2.24) is 25.0 Å². The van der Waals surface area contributed by atoms with E-state index in [1.807, 2.05) is 24.1 Å². The number of aromatic nitrogens is 3. The standard InChI is InChI=1S/C16H23N5O2S2/c1-4-20-5-7-21(8-6-20)15(22)11(2)25-16-19-18-14(23-16)9-13-10-24-12(3)17-13/h10-11H,4-9H2,1-3H3/t11-/m0/s1. The van der Waals surface area contributed by atoms with Crippen molar-refractivity contribution < 1.29 is 9.21 Å². The lowest BCUT2D eigenvalue weighted by Crippen LogP contribution is -2.50. The molecule has 0 spiro atoms. The van der Waals surface area contributed by atoms with Crippen LogP contribution in [0.25, 0.3) is 0 Å². The number of rotatable bonds is 6. The highest BCUT2D eigenvalue weighted by atomic mass is 32.2. The molecular formula is C16H23N5O2S2. The van der Waals surface area contributed by atoms with Gasteiger partial charge in [-0.15, -0.1) is 21.5 Å². The topological polar surface area (TPSA) is 75.4 Å². The van der Waals surface area contributed by atoms with Gasteiger partial charge in [0.25, 0.3) is 5.22 Å². The first-order valence-corrected chi connectivity index (χ1v) is 10.2. The van der Waals surface area contributed by atoms with Gasteiger partial charge in [-0.3, -0.25) is 4.79 Å². The van der Waals surface area contributed by atoms with E-state index >= 15 is 0 Å². The summed E-state index contributed by atoms with van der Waals surface area (Å²) in [6.07, 6.45) is 0.527. The summed E-state index contributed by atoms with van der Waals surface area (Å²) in [6, 6.07) is 0. The van der Waals surface area contributed by atoms with Gasteiger partial charge in [-0.05, 0) is 20.4 Å². The fourth-order valence-electron chi connectivity index (χ4n) is 2.74. The largest absolute Gasteiger partial charge is 0.416 e. The van der Waals surface area contributed by atoms with Crippen molar-refractivity contribution in [3.8, 4) is 0 Å². The average molecular weight is 382 g/mol. The van der Waals surface area contributed by atoms with Crippen molar-refractivity contribution in [3.63, 3.8) is 0 Å². The first-order chi connectivity index (χ1) is 12.0. The second-order valence-corrected chi connectivity index (χ2v) is 8.37. The van der Waals surface area contributed by atoms with Crippen molar-refractivity contribution in [2.75, 3.05) is 32.7 Å². The second-order valence-electron chi connectivity index (χ2n) is 6.02.